The standard InChI is InChI=1S/C19H31N7O3/c1-4-25(5-2)12-10-20-11-13-29-18-21-15-16(22-23-18)26(14-8-6-7-9-14)19(28)24(3)17(15)27/h14,20H,4-13H2,1-3H3. The summed E-state index contributed by atoms with van der Waals surface area (Å²) in [7, 11) is 1.47. The van der Waals surface area contributed by atoms with Crippen molar-refractivity contribution in [3.8, 4) is 6.01 Å². The number of nitrogens with one attached hydrogen (secondary N) is 1. The van der Waals surface area contributed by atoms with Crippen LogP contribution in [0.2, 0.25) is 0 Å². The summed E-state index contributed by atoms with van der Waals surface area (Å²) in [6, 6.07) is 0.0893. The van der Waals surface area contributed by atoms with Crippen LogP contribution < -0.4 is 21.3 Å². The number of fused-ring (bicyclic) bond motifs is 1. The summed E-state index contributed by atoms with van der Waals surface area (Å²) in [5.74, 6) is 0. The van der Waals surface area contributed by atoms with Gasteiger partial charge >= 0.3 is 11.7 Å². The highest BCUT2D eigenvalue weighted by Gasteiger charge is 2.24. The predicted molar refractivity (Wildman–Crippen MR) is 110 cm³/mol. The van der Waals surface area contributed by atoms with Crippen molar-refractivity contribution in [2.75, 3.05) is 39.3 Å². The van der Waals surface area contributed by atoms with Gasteiger partial charge in [-0.05, 0) is 25.9 Å². The van der Waals surface area contributed by atoms with Crippen LogP contribution in [0.3, 0.4) is 0 Å². The molecule has 1 aliphatic rings. The van der Waals surface area contributed by atoms with E-state index in [9.17, 15) is 9.59 Å². The van der Waals surface area contributed by atoms with Crippen LogP contribution in [0.15, 0.2) is 9.59 Å². The van der Waals surface area contributed by atoms with Crippen LogP contribution in [-0.4, -0.2) is 68.5 Å². The zero-order valence-corrected chi connectivity index (χ0v) is 17.6. The van der Waals surface area contributed by atoms with Crippen LogP contribution in [-0.2, 0) is 7.05 Å². The second-order valence-corrected chi connectivity index (χ2v) is 7.35. The lowest BCUT2D eigenvalue weighted by molar-refractivity contribution is 0.273. The van der Waals surface area contributed by atoms with E-state index in [0.29, 0.717) is 13.2 Å². The molecule has 2 heterocycles. The molecule has 10 heteroatoms. The van der Waals surface area contributed by atoms with Gasteiger partial charge < -0.3 is 15.0 Å². The van der Waals surface area contributed by atoms with Gasteiger partial charge in [0.25, 0.3) is 5.56 Å². The van der Waals surface area contributed by atoms with Crippen molar-refractivity contribution >= 4 is 11.2 Å². The van der Waals surface area contributed by atoms with Gasteiger partial charge in [-0.25, -0.2) is 4.79 Å². The van der Waals surface area contributed by atoms with E-state index in [1.54, 1.807) is 4.57 Å². The van der Waals surface area contributed by atoms with Gasteiger partial charge in [-0.15, -0.1) is 5.10 Å². The van der Waals surface area contributed by atoms with E-state index < -0.39 is 5.56 Å². The van der Waals surface area contributed by atoms with Crippen molar-refractivity contribution < 1.29 is 4.74 Å². The Kier molecular flexibility index (Phi) is 7.32. The zero-order chi connectivity index (χ0) is 20.8. The van der Waals surface area contributed by atoms with Gasteiger partial charge in [0, 0.05) is 32.7 Å². The number of likely N-dealkylation sites (N-methyl/N-ethyl adjacent to an activating group) is 1. The molecule has 0 bridgehead atoms. The molecule has 1 N–H and O–H groups in total. The maximum atomic E-state index is 12.6. The summed E-state index contributed by atoms with van der Waals surface area (Å²) in [4.78, 5) is 31.8. The number of nitrogens with zero attached hydrogens (tertiary/aromatic N) is 6. The number of rotatable bonds is 10. The topological polar surface area (TPSA) is 107 Å². The molecule has 1 saturated carbocycles. The van der Waals surface area contributed by atoms with Crippen molar-refractivity contribution in [1.82, 2.24) is 34.5 Å². The molecule has 0 unspecified atom stereocenters. The van der Waals surface area contributed by atoms with E-state index in [2.05, 4.69) is 39.2 Å². The number of hydrogen-bond donors (Lipinski definition) is 1. The Bertz CT molecular complexity index is 930. The Labute approximate surface area is 169 Å². The number of hydrogen-bond acceptors (Lipinski definition) is 8. The third kappa shape index (κ3) is 4.81. The van der Waals surface area contributed by atoms with Crippen LogP contribution in [0.4, 0.5) is 0 Å². The summed E-state index contributed by atoms with van der Waals surface area (Å²) in [6.45, 7) is 9.22. The Morgan fingerprint density at radius 3 is 2.55 bits per heavy atom. The molecule has 29 heavy (non-hydrogen) atoms. The van der Waals surface area contributed by atoms with Crippen LogP contribution in [0.5, 0.6) is 6.01 Å². The SMILES string of the molecule is CCN(CC)CCNCCOc1nnc2c(n1)c(=O)n(C)c(=O)n2C1CCCC1. The first-order valence-electron chi connectivity index (χ1n) is 10.5. The minimum atomic E-state index is -0.476. The minimum absolute atomic E-state index is 0.0367. The summed E-state index contributed by atoms with van der Waals surface area (Å²) in [5.41, 5.74) is -0.471. The predicted octanol–water partition coefficient (Wildman–Crippen LogP) is 0.311. The quantitative estimate of drug-likeness (QED) is 0.563. The monoisotopic (exact) mass is 405 g/mol. The molecule has 10 nitrogen and oxygen atoms in total. The van der Waals surface area contributed by atoms with E-state index in [-0.39, 0.29) is 28.9 Å². The first-order valence-corrected chi connectivity index (χ1v) is 10.5. The molecule has 2 aromatic heterocycles. The molecule has 0 spiro atoms. The first kappa shape index (κ1) is 21.4. The summed E-state index contributed by atoms with van der Waals surface area (Å²) in [6.07, 6.45) is 3.91. The zero-order valence-electron chi connectivity index (χ0n) is 17.6. The Morgan fingerprint density at radius 1 is 1.14 bits per heavy atom. The molecule has 0 radical (unpaired) electrons. The third-order valence-corrected chi connectivity index (χ3v) is 5.58. The lowest BCUT2D eigenvalue weighted by Crippen LogP contribution is -2.40. The van der Waals surface area contributed by atoms with Crippen LogP contribution in [0.1, 0.15) is 45.6 Å². The molecule has 1 aliphatic carbocycles. The molecule has 160 valence electrons. The number of aromatic nitrogens is 5. The Morgan fingerprint density at radius 2 is 1.86 bits per heavy atom. The lowest BCUT2D eigenvalue weighted by atomic mass is 10.2. The molecule has 1 fully saturated rings. The van der Waals surface area contributed by atoms with Gasteiger partial charge in [-0.2, -0.15) is 4.98 Å². The second kappa shape index (κ2) is 9.93. The fraction of sp³-hybridized carbons (Fsp3) is 0.737. The largest absolute Gasteiger partial charge is 0.461 e. The molecule has 0 saturated heterocycles. The van der Waals surface area contributed by atoms with Gasteiger partial charge in [0.1, 0.15) is 6.61 Å². The maximum absolute atomic E-state index is 12.6. The first-order chi connectivity index (χ1) is 14.1. The highest BCUT2D eigenvalue weighted by Crippen LogP contribution is 2.29. The number of ether oxygens (including phenoxy) is 1. The Balaban J connectivity index is 1.68. The van der Waals surface area contributed by atoms with Gasteiger partial charge in [0.15, 0.2) is 11.2 Å². The van der Waals surface area contributed by atoms with Crippen molar-refractivity contribution in [2.45, 2.75) is 45.6 Å². The van der Waals surface area contributed by atoms with Crippen molar-refractivity contribution in [1.29, 1.82) is 0 Å². The average molecular weight is 406 g/mol. The third-order valence-electron chi connectivity index (χ3n) is 5.58. The average Bonchev–Trinajstić information content (AvgIpc) is 3.26. The highest BCUT2D eigenvalue weighted by molar-refractivity contribution is 5.68. The molecule has 0 aromatic carbocycles. The van der Waals surface area contributed by atoms with Gasteiger partial charge in [-0.1, -0.05) is 31.8 Å². The van der Waals surface area contributed by atoms with Gasteiger partial charge in [0.2, 0.25) is 0 Å². The van der Waals surface area contributed by atoms with Gasteiger partial charge in [-0.3, -0.25) is 13.9 Å². The smallest absolute Gasteiger partial charge is 0.336 e. The van der Waals surface area contributed by atoms with Crippen LogP contribution in [0.25, 0.3) is 11.2 Å². The second-order valence-electron chi connectivity index (χ2n) is 7.35. The van der Waals surface area contributed by atoms with E-state index in [0.717, 1.165) is 56.4 Å². The van der Waals surface area contributed by atoms with Crippen molar-refractivity contribution in [3.63, 3.8) is 0 Å². The van der Waals surface area contributed by atoms with Crippen molar-refractivity contribution in [2.24, 2.45) is 7.05 Å². The molecule has 0 amide bonds. The fourth-order valence-electron chi connectivity index (χ4n) is 3.78. The van der Waals surface area contributed by atoms with E-state index in [1.165, 1.54) is 7.05 Å². The molecular formula is C19H31N7O3. The van der Waals surface area contributed by atoms with E-state index in [4.69, 9.17) is 4.74 Å². The van der Waals surface area contributed by atoms with Crippen LogP contribution in [0, 0.1) is 0 Å². The molecule has 3 rings (SSSR count). The highest BCUT2D eigenvalue weighted by atomic mass is 16.5. The van der Waals surface area contributed by atoms with E-state index in [1.807, 2.05) is 0 Å². The van der Waals surface area contributed by atoms with Gasteiger partial charge in [0.05, 0.1) is 0 Å². The molecular weight excluding hydrogens is 374 g/mol. The summed E-state index contributed by atoms with van der Waals surface area (Å²) < 4.78 is 8.23. The Hall–Kier alpha value is -2.33. The minimum Gasteiger partial charge on any atom is -0.461 e. The fourth-order valence-corrected chi connectivity index (χ4v) is 3.78. The van der Waals surface area contributed by atoms with Crippen LogP contribution >= 0.6 is 0 Å². The van der Waals surface area contributed by atoms with E-state index >= 15 is 0 Å². The molecule has 0 aliphatic heterocycles. The maximum Gasteiger partial charge on any atom is 0.336 e. The van der Waals surface area contributed by atoms with Crippen molar-refractivity contribution in [3.05, 3.63) is 20.8 Å². The summed E-state index contributed by atoms with van der Waals surface area (Å²) >= 11 is 0. The summed E-state index contributed by atoms with van der Waals surface area (Å²) in [5, 5.41) is 11.4. The molecule has 2 aromatic rings. The normalized spacial score (nSPS) is 14.9. The lowest BCUT2D eigenvalue weighted by Gasteiger charge is -2.18. The molecule has 0 atom stereocenters.